The summed E-state index contributed by atoms with van der Waals surface area (Å²) in [6.07, 6.45) is 2.03. The van der Waals surface area contributed by atoms with Gasteiger partial charge in [-0.15, -0.1) is 0 Å². The van der Waals surface area contributed by atoms with Crippen LogP contribution in [0, 0.1) is 5.82 Å². The largest absolute Gasteiger partial charge is 0.380 e. The number of para-hydroxylation sites is 1. The van der Waals surface area contributed by atoms with Gasteiger partial charge in [0, 0.05) is 13.2 Å². The van der Waals surface area contributed by atoms with E-state index in [-0.39, 0.29) is 5.82 Å². The van der Waals surface area contributed by atoms with Gasteiger partial charge in [-0.2, -0.15) is 0 Å². The van der Waals surface area contributed by atoms with E-state index in [2.05, 4.69) is 29.6 Å². The van der Waals surface area contributed by atoms with Crippen molar-refractivity contribution in [3.8, 4) is 0 Å². The summed E-state index contributed by atoms with van der Waals surface area (Å²) in [4.78, 5) is 0. The Morgan fingerprint density at radius 2 is 1.65 bits per heavy atom. The minimum Gasteiger partial charge on any atom is -0.380 e. The van der Waals surface area contributed by atoms with Gasteiger partial charge in [0.15, 0.2) is 0 Å². The van der Waals surface area contributed by atoms with Gasteiger partial charge >= 0.3 is 0 Å². The van der Waals surface area contributed by atoms with Crippen molar-refractivity contribution in [3.05, 3.63) is 66.0 Å². The van der Waals surface area contributed by atoms with Gasteiger partial charge < -0.3 is 10.1 Å². The Morgan fingerprint density at radius 3 is 2.45 bits per heavy atom. The third kappa shape index (κ3) is 5.02. The van der Waals surface area contributed by atoms with E-state index in [0.717, 1.165) is 19.4 Å². The summed E-state index contributed by atoms with van der Waals surface area (Å²) >= 11 is 0. The third-order valence-corrected chi connectivity index (χ3v) is 3.03. The molecular weight excluding hydrogens is 253 g/mol. The number of ether oxygens (including phenoxy) is 1. The zero-order chi connectivity index (χ0) is 14.0. The predicted molar refractivity (Wildman–Crippen MR) is 80.5 cm³/mol. The van der Waals surface area contributed by atoms with Crippen molar-refractivity contribution >= 4 is 5.69 Å². The fourth-order valence-corrected chi connectivity index (χ4v) is 1.99. The van der Waals surface area contributed by atoms with E-state index in [0.29, 0.717) is 18.8 Å². The molecule has 0 heterocycles. The number of nitrogens with one attached hydrogen (secondary N) is 1. The minimum absolute atomic E-state index is 0.225. The van der Waals surface area contributed by atoms with Gasteiger partial charge in [0.2, 0.25) is 0 Å². The van der Waals surface area contributed by atoms with Crippen LogP contribution in [0.15, 0.2) is 54.6 Å². The summed E-state index contributed by atoms with van der Waals surface area (Å²) in [7, 11) is 0. The van der Waals surface area contributed by atoms with Crippen molar-refractivity contribution in [2.45, 2.75) is 12.8 Å². The third-order valence-electron chi connectivity index (χ3n) is 3.03. The molecule has 106 valence electrons. The van der Waals surface area contributed by atoms with Crippen LogP contribution >= 0.6 is 0 Å². The molecule has 2 rings (SSSR count). The van der Waals surface area contributed by atoms with E-state index in [1.54, 1.807) is 12.1 Å². The molecule has 2 aromatic carbocycles. The standard InChI is InChI=1S/C17H20FNO/c18-16-10-4-5-11-17(16)19-12-14-20-13-6-9-15-7-2-1-3-8-15/h1-5,7-8,10-11,19H,6,9,12-14H2. The average molecular weight is 273 g/mol. The van der Waals surface area contributed by atoms with Crippen molar-refractivity contribution in [2.24, 2.45) is 0 Å². The van der Waals surface area contributed by atoms with Crippen molar-refractivity contribution in [1.29, 1.82) is 0 Å². The molecule has 0 atom stereocenters. The number of hydrogen-bond acceptors (Lipinski definition) is 2. The SMILES string of the molecule is Fc1ccccc1NCCOCCCc1ccccc1. The number of halogens is 1. The minimum atomic E-state index is -0.225. The molecular formula is C17H20FNO. The van der Waals surface area contributed by atoms with Crippen LogP contribution in [0.4, 0.5) is 10.1 Å². The summed E-state index contributed by atoms with van der Waals surface area (Å²) in [5.41, 5.74) is 1.86. The summed E-state index contributed by atoms with van der Waals surface area (Å²) in [6.45, 7) is 1.93. The monoisotopic (exact) mass is 273 g/mol. The highest BCUT2D eigenvalue weighted by molar-refractivity contribution is 5.44. The van der Waals surface area contributed by atoms with Crippen molar-refractivity contribution in [3.63, 3.8) is 0 Å². The predicted octanol–water partition coefficient (Wildman–Crippen LogP) is 3.89. The lowest BCUT2D eigenvalue weighted by Crippen LogP contribution is -2.11. The van der Waals surface area contributed by atoms with Gasteiger partial charge in [-0.25, -0.2) is 4.39 Å². The van der Waals surface area contributed by atoms with Crippen LogP contribution in [-0.2, 0) is 11.2 Å². The first kappa shape index (κ1) is 14.5. The normalized spacial score (nSPS) is 10.4. The zero-order valence-corrected chi connectivity index (χ0v) is 11.5. The molecule has 20 heavy (non-hydrogen) atoms. The average Bonchev–Trinajstić information content (AvgIpc) is 2.49. The van der Waals surface area contributed by atoms with Crippen LogP contribution < -0.4 is 5.32 Å². The van der Waals surface area contributed by atoms with Crippen molar-refractivity contribution in [2.75, 3.05) is 25.1 Å². The highest BCUT2D eigenvalue weighted by Gasteiger charge is 1.98. The van der Waals surface area contributed by atoms with Gasteiger partial charge in [-0.1, -0.05) is 42.5 Å². The van der Waals surface area contributed by atoms with Crippen LogP contribution in [0.5, 0.6) is 0 Å². The molecule has 0 spiro atoms. The first-order chi connectivity index (χ1) is 9.86. The highest BCUT2D eigenvalue weighted by atomic mass is 19.1. The topological polar surface area (TPSA) is 21.3 Å². The maximum Gasteiger partial charge on any atom is 0.146 e. The van der Waals surface area contributed by atoms with Gasteiger partial charge in [0.1, 0.15) is 5.82 Å². The molecule has 0 unspecified atom stereocenters. The van der Waals surface area contributed by atoms with E-state index >= 15 is 0 Å². The highest BCUT2D eigenvalue weighted by Crippen LogP contribution is 2.11. The maximum absolute atomic E-state index is 13.3. The van der Waals surface area contributed by atoms with Gasteiger partial charge in [-0.05, 0) is 30.5 Å². The molecule has 0 saturated heterocycles. The Balaban J connectivity index is 1.53. The van der Waals surface area contributed by atoms with Crippen LogP contribution in [0.2, 0.25) is 0 Å². The number of benzene rings is 2. The second kappa shape index (κ2) is 8.33. The molecule has 0 aliphatic carbocycles. The number of aryl methyl sites for hydroxylation is 1. The van der Waals surface area contributed by atoms with Crippen LogP contribution in [0.25, 0.3) is 0 Å². The molecule has 2 aromatic rings. The van der Waals surface area contributed by atoms with Crippen molar-refractivity contribution in [1.82, 2.24) is 0 Å². The molecule has 1 N–H and O–H groups in total. The summed E-state index contributed by atoms with van der Waals surface area (Å²) in [5.74, 6) is -0.225. The van der Waals surface area contributed by atoms with E-state index < -0.39 is 0 Å². The second-order valence-corrected chi connectivity index (χ2v) is 4.61. The fraction of sp³-hybridized carbons (Fsp3) is 0.294. The molecule has 0 bridgehead atoms. The lowest BCUT2D eigenvalue weighted by Gasteiger charge is -2.08. The molecule has 2 nitrogen and oxygen atoms in total. The van der Waals surface area contributed by atoms with E-state index in [4.69, 9.17) is 4.74 Å². The summed E-state index contributed by atoms with van der Waals surface area (Å²) in [5, 5.41) is 3.02. The Morgan fingerprint density at radius 1 is 0.900 bits per heavy atom. The van der Waals surface area contributed by atoms with Crippen molar-refractivity contribution < 1.29 is 9.13 Å². The van der Waals surface area contributed by atoms with Crippen LogP contribution in [0.1, 0.15) is 12.0 Å². The molecule has 0 amide bonds. The fourth-order valence-electron chi connectivity index (χ4n) is 1.99. The van der Waals surface area contributed by atoms with Gasteiger partial charge in [0.05, 0.1) is 12.3 Å². The summed E-state index contributed by atoms with van der Waals surface area (Å²) in [6, 6.07) is 17.0. The molecule has 0 aliphatic heterocycles. The lowest BCUT2D eigenvalue weighted by atomic mass is 10.1. The van der Waals surface area contributed by atoms with E-state index in [1.165, 1.54) is 11.6 Å². The molecule has 0 aromatic heterocycles. The van der Waals surface area contributed by atoms with Gasteiger partial charge in [-0.3, -0.25) is 0 Å². The van der Waals surface area contributed by atoms with Crippen LogP contribution in [-0.4, -0.2) is 19.8 Å². The molecule has 0 radical (unpaired) electrons. The summed E-state index contributed by atoms with van der Waals surface area (Å²) < 4.78 is 18.8. The zero-order valence-electron chi connectivity index (χ0n) is 11.5. The van der Waals surface area contributed by atoms with E-state index in [1.807, 2.05) is 12.1 Å². The smallest absolute Gasteiger partial charge is 0.146 e. The molecule has 0 aliphatic rings. The molecule has 0 saturated carbocycles. The number of rotatable bonds is 8. The molecule has 3 heteroatoms. The lowest BCUT2D eigenvalue weighted by molar-refractivity contribution is 0.141. The molecule has 0 fully saturated rings. The maximum atomic E-state index is 13.3. The first-order valence-electron chi connectivity index (χ1n) is 6.96. The quantitative estimate of drug-likeness (QED) is 0.737. The van der Waals surface area contributed by atoms with Gasteiger partial charge in [0.25, 0.3) is 0 Å². The number of hydrogen-bond donors (Lipinski definition) is 1. The Labute approximate surface area is 119 Å². The van der Waals surface area contributed by atoms with Crippen LogP contribution in [0.3, 0.4) is 0 Å². The first-order valence-corrected chi connectivity index (χ1v) is 6.96. The Bertz CT molecular complexity index is 501. The Kier molecular flexibility index (Phi) is 6.06. The van der Waals surface area contributed by atoms with E-state index in [9.17, 15) is 4.39 Å². The Hall–Kier alpha value is -1.87. The number of anilines is 1. The second-order valence-electron chi connectivity index (χ2n) is 4.61.